The molecule has 1 fully saturated rings. The third kappa shape index (κ3) is 2.62. The molecular formula is C15H22. The molecule has 1 aliphatic rings. The van der Waals surface area contributed by atoms with Crippen LogP contribution in [0.3, 0.4) is 0 Å². The van der Waals surface area contributed by atoms with E-state index in [0.717, 1.165) is 0 Å². The first-order valence-corrected chi connectivity index (χ1v) is 5.99. The van der Waals surface area contributed by atoms with E-state index in [4.69, 9.17) is 0 Å². The maximum atomic E-state index is 2.39. The van der Waals surface area contributed by atoms with Crippen LogP contribution in [0, 0.1) is 5.41 Å². The van der Waals surface area contributed by atoms with Gasteiger partial charge in [-0.05, 0) is 41.2 Å². The van der Waals surface area contributed by atoms with Gasteiger partial charge in [0.1, 0.15) is 0 Å². The maximum Gasteiger partial charge on any atom is -0.0132 e. The zero-order valence-corrected chi connectivity index (χ0v) is 10.4. The molecule has 0 aromatic heterocycles. The molecule has 82 valence electrons. The van der Waals surface area contributed by atoms with E-state index >= 15 is 0 Å². The lowest BCUT2D eigenvalue weighted by molar-refractivity contribution is 0.567. The minimum absolute atomic E-state index is 0.280. The topological polar surface area (TPSA) is 0 Å². The third-order valence-electron chi connectivity index (χ3n) is 3.55. The van der Waals surface area contributed by atoms with Crippen LogP contribution in [0.2, 0.25) is 0 Å². The highest BCUT2D eigenvalue weighted by Crippen LogP contribution is 2.47. The molecule has 0 spiro atoms. The average molecular weight is 202 g/mol. The molecule has 0 bridgehead atoms. The second kappa shape index (κ2) is 3.37. The van der Waals surface area contributed by atoms with Crippen molar-refractivity contribution < 1.29 is 0 Å². The Hall–Kier alpha value is -0.780. The van der Waals surface area contributed by atoms with E-state index in [9.17, 15) is 0 Å². The van der Waals surface area contributed by atoms with E-state index in [2.05, 4.69) is 52.0 Å². The van der Waals surface area contributed by atoms with Gasteiger partial charge in [-0.1, -0.05) is 52.0 Å². The molecule has 0 heterocycles. The fourth-order valence-electron chi connectivity index (χ4n) is 2.01. The summed E-state index contributed by atoms with van der Waals surface area (Å²) in [6.07, 6.45) is 4.08. The van der Waals surface area contributed by atoms with Gasteiger partial charge in [0, 0.05) is 0 Å². The Morgan fingerprint density at radius 2 is 1.60 bits per heavy atom. The number of benzene rings is 1. The van der Waals surface area contributed by atoms with E-state index in [1.807, 2.05) is 0 Å². The van der Waals surface area contributed by atoms with Crippen LogP contribution in [-0.2, 0) is 11.8 Å². The summed E-state index contributed by atoms with van der Waals surface area (Å²) in [5, 5.41) is 0. The summed E-state index contributed by atoms with van der Waals surface area (Å²) in [6.45, 7) is 9.20. The fourth-order valence-corrected chi connectivity index (χ4v) is 2.01. The van der Waals surface area contributed by atoms with Crippen LogP contribution in [0.15, 0.2) is 24.3 Å². The number of hydrogen-bond acceptors (Lipinski definition) is 0. The van der Waals surface area contributed by atoms with Gasteiger partial charge in [-0.15, -0.1) is 0 Å². The fraction of sp³-hybridized carbons (Fsp3) is 0.600. The van der Waals surface area contributed by atoms with Gasteiger partial charge in [-0.2, -0.15) is 0 Å². The second-order valence-electron chi connectivity index (χ2n) is 6.43. The van der Waals surface area contributed by atoms with Crippen molar-refractivity contribution in [3.05, 3.63) is 35.4 Å². The van der Waals surface area contributed by atoms with E-state index in [1.165, 1.54) is 30.4 Å². The van der Waals surface area contributed by atoms with Crippen molar-refractivity contribution in [2.45, 2.75) is 52.4 Å². The Morgan fingerprint density at radius 3 is 2.00 bits per heavy atom. The quantitative estimate of drug-likeness (QED) is 0.669. The van der Waals surface area contributed by atoms with Crippen LogP contribution in [0.4, 0.5) is 0 Å². The minimum Gasteiger partial charge on any atom is -0.0593 e. The van der Waals surface area contributed by atoms with E-state index in [-0.39, 0.29) is 5.41 Å². The van der Waals surface area contributed by atoms with Gasteiger partial charge >= 0.3 is 0 Å². The molecule has 1 aromatic rings. The first-order chi connectivity index (χ1) is 6.89. The van der Waals surface area contributed by atoms with Crippen LogP contribution >= 0.6 is 0 Å². The Balaban J connectivity index is 2.10. The molecule has 1 aromatic carbocycles. The first kappa shape index (κ1) is 10.7. The van der Waals surface area contributed by atoms with Crippen molar-refractivity contribution in [2.24, 2.45) is 5.41 Å². The zero-order chi connectivity index (χ0) is 11.1. The highest BCUT2D eigenvalue weighted by molar-refractivity contribution is 5.28. The van der Waals surface area contributed by atoms with E-state index in [0.29, 0.717) is 5.41 Å². The van der Waals surface area contributed by atoms with Gasteiger partial charge < -0.3 is 0 Å². The predicted octanol–water partition coefficient (Wildman–Crippen LogP) is 4.33. The van der Waals surface area contributed by atoms with Gasteiger partial charge in [0.05, 0.1) is 0 Å². The summed E-state index contributed by atoms with van der Waals surface area (Å²) in [4.78, 5) is 0. The third-order valence-corrected chi connectivity index (χ3v) is 3.55. The van der Waals surface area contributed by atoms with Crippen LogP contribution in [0.1, 0.15) is 51.7 Å². The van der Waals surface area contributed by atoms with E-state index in [1.54, 1.807) is 0 Å². The van der Waals surface area contributed by atoms with Crippen LogP contribution in [0.25, 0.3) is 0 Å². The molecular weight excluding hydrogens is 180 g/mol. The molecule has 0 saturated heterocycles. The molecule has 0 nitrogen and oxygen atoms in total. The van der Waals surface area contributed by atoms with Gasteiger partial charge in [-0.3, -0.25) is 0 Å². The molecule has 0 radical (unpaired) electrons. The van der Waals surface area contributed by atoms with Crippen molar-refractivity contribution in [1.29, 1.82) is 0 Å². The maximum absolute atomic E-state index is 2.39. The molecule has 0 amide bonds. The Labute approximate surface area is 93.7 Å². The molecule has 2 rings (SSSR count). The largest absolute Gasteiger partial charge is 0.0593 e. The van der Waals surface area contributed by atoms with Crippen molar-refractivity contribution in [3.63, 3.8) is 0 Å². The van der Waals surface area contributed by atoms with Crippen molar-refractivity contribution in [2.75, 3.05) is 0 Å². The highest BCUT2D eigenvalue weighted by atomic mass is 14.4. The summed E-state index contributed by atoms with van der Waals surface area (Å²) in [5.74, 6) is 0. The molecule has 0 unspecified atom stereocenters. The molecule has 1 aliphatic carbocycles. The smallest absolute Gasteiger partial charge is 0.0132 e. The van der Waals surface area contributed by atoms with Crippen molar-refractivity contribution in [3.8, 4) is 0 Å². The van der Waals surface area contributed by atoms with Crippen LogP contribution in [0.5, 0.6) is 0 Å². The van der Waals surface area contributed by atoms with Gasteiger partial charge in [-0.25, -0.2) is 0 Å². The Bertz CT molecular complexity index is 333. The molecule has 15 heavy (non-hydrogen) atoms. The standard InChI is InChI=1S/C15H22/c1-14(2,3)13-7-5-12(6-8-13)11-15(4)9-10-15/h5-8H,9-11H2,1-4H3. The highest BCUT2D eigenvalue weighted by Gasteiger charge is 2.36. The Morgan fingerprint density at radius 1 is 1.07 bits per heavy atom. The summed E-state index contributed by atoms with van der Waals surface area (Å²) in [6, 6.07) is 9.20. The van der Waals surface area contributed by atoms with Gasteiger partial charge in [0.2, 0.25) is 0 Å². The lowest BCUT2D eigenvalue weighted by Gasteiger charge is -2.19. The zero-order valence-electron chi connectivity index (χ0n) is 10.4. The van der Waals surface area contributed by atoms with Crippen LogP contribution < -0.4 is 0 Å². The first-order valence-electron chi connectivity index (χ1n) is 5.99. The normalized spacial score (nSPS) is 18.9. The number of hydrogen-bond donors (Lipinski definition) is 0. The lowest BCUT2D eigenvalue weighted by Crippen LogP contribution is -2.11. The monoisotopic (exact) mass is 202 g/mol. The SMILES string of the molecule is CC1(Cc2ccc(C(C)(C)C)cc2)CC1. The summed E-state index contributed by atoms with van der Waals surface area (Å²) < 4.78 is 0. The summed E-state index contributed by atoms with van der Waals surface area (Å²) in [5.41, 5.74) is 3.85. The number of rotatable bonds is 2. The summed E-state index contributed by atoms with van der Waals surface area (Å²) in [7, 11) is 0. The Kier molecular flexibility index (Phi) is 2.41. The average Bonchev–Trinajstić information content (AvgIpc) is 2.82. The molecule has 0 atom stereocenters. The van der Waals surface area contributed by atoms with Crippen LogP contribution in [-0.4, -0.2) is 0 Å². The van der Waals surface area contributed by atoms with Crippen molar-refractivity contribution in [1.82, 2.24) is 0 Å². The predicted molar refractivity (Wildman–Crippen MR) is 66.2 cm³/mol. The molecule has 0 heteroatoms. The lowest BCUT2D eigenvalue weighted by atomic mass is 9.86. The van der Waals surface area contributed by atoms with Gasteiger partial charge in [0.15, 0.2) is 0 Å². The molecule has 0 N–H and O–H groups in total. The van der Waals surface area contributed by atoms with Crippen molar-refractivity contribution >= 4 is 0 Å². The van der Waals surface area contributed by atoms with Gasteiger partial charge in [0.25, 0.3) is 0 Å². The molecule has 1 saturated carbocycles. The molecule has 0 aliphatic heterocycles. The minimum atomic E-state index is 0.280. The second-order valence-corrected chi connectivity index (χ2v) is 6.43. The van der Waals surface area contributed by atoms with E-state index < -0.39 is 0 Å². The summed E-state index contributed by atoms with van der Waals surface area (Å²) >= 11 is 0.